The maximum atomic E-state index is 12.2. The molecule has 4 rings (SSSR count). The molecule has 32 heavy (non-hydrogen) atoms. The number of anilines is 4. The summed E-state index contributed by atoms with van der Waals surface area (Å²) in [5.74, 6) is 0.381. The van der Waals surface area contributed by atoms with Crippen LogP contribution < -0.4 is 21.3 Å². The van der Waals surface area contributed by atoms with Crippen molar-refractivity contribution in [2.24, 2.45) is 5.73 Å². The van der Waals surface area contributed by atoms with Crippen LogP contribution in [0.2, 0.25) is 0 Å². The third-order valence-corrected chi connectivity index (χ3v) is 7.62. The highest BCUT2D eigenvalue weighted by atomic mass is 32.2. The fraction of sp³-hybridized carbons (Fsp3) is 0.476. The van der Waals surface area contributed by atoms with E-state index < -0.39 is 15.9 Å². The van der Waals surface area contributed by atoms with E-state index in [4.69, 9.17) is 5.73 Å². The largest absolute Gasteiger partial charge is 0.367 e. The number of primary amides is 1. The number of nitrogens with two attached hydrogens (primary N) is 1. The second-order valence-corrected chi connectivity index (χ2v) is 10.5. The Kier molecular flexibility index (Phi) is 6.20. The van der Waals surface area contributed by atoms with Crippen molar-refractivity contribution in [3.63, 3.8) is 0 Å². The molecule has 2 fully saturated rings. The minimum atomic E-state index is -3.17. The van der Waals surface area contributed by atoms with Gasteiger partial charge in [0.05, 0.1) is 11.3 Å². The van der Waals surface area contributed by atoms with Gasteiger partial charge in [0, 0.05) is 49.3 Å². The predicted molar refractivity (Wildman–Crippen MR) is 125 cm³/mol. The van der Waals surface area contributed by atoms with Crippen LogP contribution in [-0.4, -0.2) is 66.1 Å². The smallest absolute Gasteiger partial charge is 0.254 e. The Morgan fingerprint density at radius 3 is 2.53 bits per heavy atom. The quantitative estimate of drug-likeness (QED) is 0.544. The summed E-state index contributed by atoms with van der Waals surface area (Å²) in [5, 5.41) is 6.38. The van der Waals surface area contributed by atoms with Gasteiger partial charge in [-0.2, -0.15) is 9.29 Å². The molecule has 172 valence electrons. The van der Waals surface area contributed by atoms with E-state index in [1.165, 1.54) is 6.20 Å². The highest BCUT2D eigenvalue weighted by Crippen LogP contribution is 2.27. The number of piperazine rings is 1. The molecule has 11 heteroatoms. The molecular formula is C21H29N7O3S. The first-order valence-electron chi connectivity index (χ1n) is 10.8. The van der Waals surface area contributed by atoms with E-state index in [0.29, 0.717) is 37.4 Å². The molecule has 1 aliphatic carbocycles. The lowest BCUT2D eigenvalue weighted by Crippen LogP contribution is -2.54. The molecule has 2 aliphatic rings. The number of nitrogens with zero attached hydrogens (tertiary/aromatic N) is 4. The topological polar surface area (TPSA) is 134 Å². The van der Waals surface area contributed by atoms with Gasteiger partial charge in [-0.05, 0) is 51.0 Å². The predicted octanol–water partition coefficient (Wildman–Crippen LogP) is 1.75. The molecule has 0 radical (unpaired) electrons. The van der Waals surface area contributed by atoms with E-state index in [-0.39, 0.29) is 17.4 Å². The fourth-order valence-electron chi connectivity index (χ4n) is 3.76. The summed E-state index contributed by atoms with van der Waals surface area (Å²) in [5.41, 5.74) is 7.54. The van der Waals surface area contributed by atoms with Crippen molar-refractivity contribution in [2.75, 3.05) is 40.9 Å². The van der Waals surface area contributed by atoms with E-state index in [9.17, 15) is 13.2 Å². The number of amides is 1. The lowest BCUT2D eigenvalue weighted by molar-refractivity contribution is 0.100. The van der Waals surface area contributed by atoms with E-state index >= 15 is 0 Å². The Morgan fingerprint density at radius 1 is 1.22 bits per heavy atom. The van der Waals surface area contributed by atoms with Crippen molar-refractivity contribution >= 4 is 39.1 Å². The number of hydrogen-bond donors (Lipinski definition) is 3. The lowest BCUT2D eigenvalue weighted by atomic mass is 10.1. The van der Waals surface area contributed by atoms with Crippen molar-refractivity contribution in [1.29, 1.82) is 0 Å². The molecular weight excluding hydrogens is 430 g/mol. The number of rotatable bonds is 8. The molecule has 2 aromatic rings. The molecule has 1 saturated carbocycles. The van der Waals surface area contributed by atoms with Crippen molar-refractivity contribution in [1.82, 2.24) is 14.3 Å². The molecule has 0 spiro atoms. The Bertz CT molecular complexity index is 1090. The molecule has 10 nitrogen and oxygen atoms in total. The minimum Gasteiger partial charge on any atom is -0.367 e. The average molecular weight is 460 g/mol. The van der Waals surface area contributed by atoms with Gasteiger partial charge in [0.1, 0.15) is 5.82 Å². The van der Waals surface area contributed by atoms with Crippen molar-refractivity contribution in [3.05, 3.63) is 36.0 Å². The number of sulfonamides is 1. The second-order valence-electron chi connectivity index (χ2n) is 8.21. The SMILES string of the molecule is CCS(=O)(=O)N1CCN(c2ccc(Nc3ncc(C(N)=O)c(NC4CC4)n3)cc2)[C@@H](C)C1. The number of hydrogen-bond acceptors (Lipinski definition) is 8. The number of nitrogens with one attached hydrogen (secondary N) is 2. The molecule has 1 atom stereocenters. The zero-order chi connectivity index (χ0) is 22.9. The minimum absolute atomic E-state index is 0.0737. The van der Waals surface area contributed by atoms with Gasteiger partial charge in [-0.3, -0.25) is 4.79 Å². The first-order valence-corrected chi connectivity index (χ1v) is 12.4. The zero-order valence-corrected chi connectivity index (χ0v) is 19.1. The van der Waals surface area contributed by atoms with Gasteiger partial charge in [0.25, 0.3) is 5.91 Å². The summed E-state index contributed by atoms with van der Waals surface area (Å²) < 4.78 is 25.9. The maximum absolute atomic E-state index is 12.2. The monoisotopic (exact) mass is 459 g/mol. The Morgan fingerprint density at radius 2 is 1.94 bits per heavy atom. The Hall–Kier alpha value is -2.92. The van der Waals surface area contributed by atoms with Gasteiger partial charge >= 0.3 is 0 Å². The summed E-state index contributed by atoms with van der Waals surface area (Å²) in [6, 6.07) is 8.23. The lowest BCUT2D eigenvalue weighted by Gasteiger charge is -2.40. The summed E-state index contributed by atoms with van der Waals surface area (Å²) in [6.45, 7) is 5.31. The maximum Gasteiger partial charge on any atom is 0.254 e. The third-order valence-electron chi connectivity index (χ3n) is 5.78. The van der Waals surface area contributed by atoms with Gasteiger partial charge in [-0.25, -0.2) is 13.4 Å². The summed E-state index contributed by atoms with van der Waals surface area (Å²) in [6.07, 6.45) is 3.52. The van der Waals surface area contributed by atoms with Crippen LogP contribution in [0.5, 0.6) is 0 Å². The summed E-state index contributed by atoms with van der Waals surface area (Å²) in [4.78, 5) is 22.5. The number of benzene rings is 1. The summed E-state index contributed by atoms with van der Waals surface area (Å²) >= 11 is 0. The number of carbonyl (C=O) groups excluding carboxylic acids is 1. The van der Waals surface area contributed by atoms with E-state index in [1.807, 2.05) is 31.2 Å². The van der Waals surface area contributed by atoms with Crippen LogP contribution in [0.15, 0.2) is 30.5 Å². The normalized spacial score (nSPS) is 19.6. The fourth-order valence-corrected chi connectivity index (χ4v) is 4.93. The molecule has 1 saturated heterocycles. The van der Waals surface area contributed by atoms with Gasteiger partial charge < -0.3 is 21.3 Å². The van der Waals surface area contributed by atoms with Gasteiger partial charge in [0.15, 0.2) is 0 Å². The third kappa shape index (κ3) is 4.94. The van der Waals surface area contributed by atoms with Crippen LogP contribution >= 0.6 is 0 Å². The van der Waals surface area contributed by atoms with Gasteiger partial charge in [-0.15, -0.1) is 0 Å². The van der Waals surface area contributed by atoms with E-state index in [1.54, 1.807) is 11.2 Å². The van der Waals surface area contributed by atoms with Crippen LogP contribution in [0.1, 0.15) is 37.0 Å². The molecule has 0 unspecified atom stereocenters. The van der Waals surface area contributed by atoms with Crippen molar-refractivity contribution in [3.8, 4) is 0 Å². The first-order chi connectivity index (χ1) is 15.3. The molecule has 1 amide bonds. The first kappa shape index (κ1) is 22.3. The molecule has 1 aromatic carbocycles. The molecule has 1 aliphatic heterocycles. The van der Waals surface area contributed by atoms with Crippen LogP contribution in [-0.2, 0) is 10.0 Å². The Labute approximate surface area is 188 Å². The Balaban J connectivity index is 1.44. The zero-order valence-electron chi connectivity index (χ0n) is 18.3. The van der Waals surface area contributed by atoms with Gasteiger partial charge in [0.2, 0.25) is 16.0 Å². The van der Waals surface area contributed by atoms with Gasteiger partial charge in [-0.1, -0.05) is 0 Å². The van der Waals surface area contributed by atoms with Crippen LogP contribution in [0.25, 0.3) is 0 Å². The van der Waals surface area contributed by atoms with Crippen LogP contribution in [0.3, 0.4) is 0 Å². The van der Waals surface area contributed by atoms with Crippen molar-refractivity contribution < 1.29 is 13.2 Å². The second kappa shape index (κ2) is 8.91. The number of aromatic nitrogens is 2. The van der Waals surface area contributed by atoms with E-state index in [0.717, 1.165) is 24.2 Å². The standard InChI is InChI=1S/C21H29N7O3S/c1-3-32(30,31)27-10-11-28(14(2)13-27)17-8-6-16(7-9-17)25-21-23-12-18(19(22)29)20(26-21)24-15-4-5-15/h6-9,12,14-15H,3-5,10-11,13H2,1-2H3,(H2,22,29)(H2,23,24,25,26)/t14-/m0/s1. The molecule has 0 bridgehead atoms. The van der Waals surface area contributed by atoms with E-state index in [2.05, 4.69) is 25.5 Å². The van der Waals surface area contributed by atoms with Crippen LogP contribution in [0, 0.1) is 0 Å². The number of carbonyl (C=O) groups is 1. The highest BCUT2D eigenvalue weighted by molar-refractivity contribution is 7.89. The molecule has 4 N–H and O–H groups in total. The van der Waals surface area contributed by atoms with Crippen LogP contribution in [0.4, 0.5) is 23.1 Å². The average Bonchev–Trinajstić information content (AvgIpc) is 3.58. The summed E-state index contributed by atoms with van der Waals surface area (Å²) in [7, 11) is -3.17. The highest BCUT2D eigenvalue weighted by Gasteiger charge is 2.30. The van der Waals surface area contributed by atoms with Crippen molar-refractivity contribution in [2.45, 2.75) is 38.8 Å². The molecule has 1 aromatic heterocycles. The molecule has 2 heterocycles.